The van der Waals surface area contributed by atoms with Gasteiger partial charge in [0, 0.05) is 5.56 Å². The van der Waals surface area contributed by atoms with Gasteiger partial charge in [0.15, 0.2) is 0 Å². The molecule has 0 amide bonds. The molecule has 0 aliphatic heterocycles. The number of carbonyl (C=O) groups excluding carboxylic acids is 1. The lowest BCUT2D eigenvalue weighted by Gasteiger charge is -2.04. The summed E-state index contributed by atoms with van der Waals surface area (Å²) in [5.74, 6) is 3.96. The molecule has 1 aliphatic carbocycles. The van der Waals surface area contributed by atoms with Crippen LogP contribution in [-0.4, -0.2) is 5.97 Å². The van der Waals surface area contributed by atoms with Crippen LogP contribution in [0.4, 0.5) is 0 Å². The van der Waals surface area contributed by atoms with E-state index in [4.69, 9.17) is 15.6 Å². The summed E-state index contributed by atoms with van der Waals surface area (Å²) in [6, 6.07) is 1.86. The molecule has 2 unspecified atom stereocenters. The minimum atomic E-state index is -0.164. The molecule has 0 radical (unpaired) electrons. The summed E-state index contributed by atoms with van der Waals surface area (Å²) in [6.45, 7) is 9.88. The van der Waals surface area contributed by atoms with Crippen LogP contribution in [0.3, 0.4) is 0 Å². The van der Waals surface area contributed by atoms with Crippen LogP contribution < -0.4 is 0 Å². The maximum absolute atomic E-state index is 12.3. The van der Waals surface area contributed by atoms with E-state index in [9.17, 15) is 4.79 Å². The maximum atomic E-state index is 12.3. The van der Waals surface area contributed by atoms with Crippen LogP contribution in [0.15, 0.2) is 35.3 Å². The van der Waals surface area contributed by atoms with Gasteiger partial charge in [0.25, 0.3) is 0 Å². The van der Waals surface area contributed by atoms with Crippen molar-refractivity contribution in [2.75, 3.05) is 0 Å². The van der Waals surface area contributed by atoms with E-state index in [1.54, 1.807) is 6.08 Å². The second kappa shape index (κ2) is 6.27. The van der Waals surface area contributed by atoms with E-state index in [0.717, 1.165) is 17.1 Å². The minimum Gasteiger partial charge on any atom is -0.465 e. The fourth-order valence-electron chi connectivity index (χ4n) is 2.84. The predicted octanol–water partition coefficient (Wildman–Crippen LogP) is 3.82. The van der Waals surface area contributed by atoms with Crippen molar-refractivity contribution in [2.24, 2.45) is 17.3 Å². The molecule has 0 aromatic carbocycles. The van der Waals surface area contributed by atoms with E-state index in [1.807, 2.05) is 25.1 Å². The summed E-state index contributed by atoms with van der Waals surface area (Å²) in [5, 5.41) is 0. The number of allylic oxidation sites excluding steroid dienone is 3. The van der Waals surface area contributed by atoms with Crippen LogP contribution in [0.1, 0.15) is 30.9 Å². The largest absolute Gasteiger partial charge is 0.465 e. The molecule has 116 valence electrons. The highest BCUT2D eigenvalue weighted by atomic mass is 16.5. The van der Waals surface area contributed by atoms with E-state index in [-0.39, 0.29) is 29.8 Å². The van der Waals surface area contributed by atoms with Crippen molar-refractivity contribution in [2.45, 2.75) is 33.8 Å². The molecular weight excluding hydrogens is 276 g/mol. The van der Waals surface area contributed by atoms with Gasteiger partial charge in [-0.3, -0.25) is 4.79 Å². The Morgan fingerprint density at radius 2 is 2.32 bits per heavy atom. The maximum Gasteiger partial charge on any atom is 0.310 e. The first kappa shape index (κ1) is 16.2. The smallest absolute Gasteiger partial charge is 0.310 e. The molecule has 0 bridgehead atoms. The SMILES string of the molecule is C#CCc1cc(COC(=O)C2C(C=CC=C)C2(C)C)c(C)o1. The first-order chi connectivity index (χ1) is 10.4. The van der Waals surface area contributed by atoms with Gasteiger partial charge in [-0.25, -0.2) is 0 Å². The Morgan fingerprint density at radius 3 is 2.95 bits per heavy atom. The zero-order valence-corrected chi connectivity index (χ0v) is 13.4. The molecule has 1 saturated carbocycles. The summed E-state index contributed by atoms with van der Waals surface area (Å²) in [6.07, 6.45) is 11.3. The predicted molar refractivity (Wildman–Crippen MR) is 85.9 cm³/mol. The highest BCUT2D eigenvalue weighted by Gasteiger charge is 2.61. The molecule has 1 fully saturated rings. The number of ether oxygens (including phenoxy) is 1. The third-order valence-electron chi connectivity index (χ3n) is 4.34. The Bertz CT molecular complexity index is 640. The van der Waals surface area contributed by atoms with Crippen molar-refractivity contribution in [3.8, 4) is 12.3 Å². The number of aryl methyl sites for hydroxylation is 1. The van der Waals surface area contributed by atoms with Crippen molar-refractivity contribution < 1.29 is 13.9 Å². The van der Waals surface area contributed by atoms with E-state index >= 15 is 0 Å². The van der Waals surface area contributed by atoms with Crippen molar-refractivity contribution in [1.29, 1.82) is 0 Å². The fraction of sp³-hybridized carbons (Fsp3) is 0.421. The number of hydrogen-bond acceptors (Lipinski definition) is 3. The van der Waals surface area contributed by atoms with Crippen LogP contribution in [0, 0.1) is 36.5 Å². The average Bonchev–Trinajstić information content (AvgIpc) is 2.81. The number of esters is 1. The van der Waals surface area contributed by atoms with Gasteiger partial charge in [-0.15, -0.1) is 6.42 Å². The van der Waals surface area contributed by atoms with E-state index in [0.29, 0.717) is 6.42 Å². The van der Waals surface area contributed by atoms with Crippen LogP contribution in [-0.2, 0) is 22.6 Å². The van der Waals surface area contributed by atoms with Gasteiger partial charge in [-0.1, -0.05) is 44.6 Å². The van der Waals surface area contributed by atoms with E-state index < -0.39 is 0 Å². The summed E-state index contributed by atoms with van der Waals surface area (Å²) >= 11 is 0. The molecule has 22 heavy (non-hydrogen) atoms. The van der Waals surface area contributed by atoms with Crippen molar-refractivity contribution in [3.63, 3.8) is 0 Å². The number of terminal acetylenes is 1. The lowest BCUT2D eigenvalue weighted by molar-refractivity contribution is -0.147. The Hall–Kier alpha value is -2.21. The summed E-state index contributed by atoms with van der Waals surface area (Å²) in [5.41, 5.74) is 0.812. The third-order valence-corrected chi connectivity index (χ3v) is 4.34. The second-order valence-electron chi connectivity index (χ2n) is 6.23. The number of hydrogen-bond donors (Lipinski definition) is 0. The fourth-order valence-corrected chi connectivity index (χ4v) is 2.84. The number of furan rings is 1. The lowest BCUT2D eigenvalue weighted by Crippen LogP contribution is -2.10. The first-order valence-electron chi connectivity index (χ1n) is 7.39. The van der Waals surface area contributed by atoms with Crippen LogP contribution >= 0.6 is 0 Å². The number of carbonyl (C=O) groups is 1. The molecule has 0 saturated heterocycles. The minimum absolute atomic E-state index is 0.0589. The summed E-state index contributed by atoms with van der Waals surface area (Å²) in [7, 11) is 0. The molecule has 0 spiro atoms. The first-order valence-corrected chi connectivity index (χ1v) is 7.39. The lowest BCUT2D eigenvalue weighted by atomic mass is 10.1. The molecule has 2 rings (SSSR count). The average molecular weight is 298 g/mol. The Morgan fingerprint density at radius 1 is 1.59 bits per heavy atom. The van der Waals surface area contributed by atoms with Crippen molar-refractivity contribution in [1.82, 2.24) is 0 Å². The van der Waals surface area contributed by atoms with E-state index in [1.165, 1.54) is 0 Å². The second-order valence-corrected chi connectivity index (χ2v) is 6.23. The molecule has 3 heteroatoms. The Labute approximate surface area is 132 Å². The molecule has 1 aromatic heterocycles. The Kier molecular flexibility index (Phi) is 4.61. The van der Waals surface area contributed by atoms with Gasteiger partial charge in [0.1, 0.15) is 18.1 Å². The Balaban J connectivity index is 1.95. The van der Waals surface area contributed by atoms with E-state index in [2.05, 4.69) is 26.3 Å². The van der Waals surface area contributed by atoms with Gasteiger partial charge in [0.05, 0.1) is 12.3 Å². The highest BCUT2D eigenvalue weighted by molar-refractivity contribution is 5.78. The van der Waals surface area contributed by atoms with Gasteiger partial charge in [-0.2, -0.15) is 0 Å². The van der Waals surface area contributed by atoms with Crippen molar-refractivity contribution >= 4 is 5.97 Å². The summed E-state index contributed by atoms with van der Waals surface area (Å²) in [4.78, 5) is 12.3. The highest BCUT2D eigenvalue weighted by Crippen LogP contribution is 2.59. The number of rotatable bonds is 6. The standard InChI is InChI=1S/C19H22O3/c1-6-8-10-16-17(19(16,4)5)18(20)21-12-14-11-15(9-7-2)22-13(14)3/h2,6,8,10-11,16-17H,1,9,12H2,3-5H3. The van der Waals surface area contributed by atoms with Crippen molar-refractivity contribution in [3.05, 3.63) is 48.0 Å². The van der Waals surface area contributed by atoms with Gasteiger partial charge < -0.3 is 9.15 Å². The molecule has 1 aromatic rings. The van der Waals surface area contributed by atoms with Gasteiger partial charge >= 0.3 is 5.97 Å². The molecule has 1 heterocycles. The quantitative estimate of drug-likeness (QED) is 0.455. The molecule has 1 aliphatic rings. The van der Waals surface area contributed by atoms with Crippen LogP contribution in [0.25, 0.3) is 0 Å². The van der Waals surface area contributed by atoms with Gasteiger partial charge in [0.2, 0.25) is 0 Å². The molecule has 3 nitrogen and oxygen atoms in total. The zero-order chi connectivity index (χ0) is 16.3. The molecule has 2 atom stereocenters. The normalized spacial score (nSPS) is 22.3. The molecular formula is C19H22O3. The zero-order valence-electron chi connectivity index (χ0n) is 13.4. The summed E-state index contributed by atoms with van der Waals surface area (Å²) < 4.78 is 11.0. The molecule has 0 N–H and O–H groups in total. The van der Waals surface area contributed by atoms with Gasteiger partial charge in [-0.05, 0) is 24.3 Å². The monoisotopic (exact) mass is 298 g/mol. The third kappa shape index (κ3) is 3.17. The van der Waals surface area contributed by atoms with Crippen LogP contribution in [0.5, 0.6) is 0 Å². The topological polar surface area (TPSA) is 39.4 Å². The van der Waals surface area contributed by atoms with Crippen LogP contribution in [0.2, 0.25) is 0 Å².